The number of carboxylic acid groups (broad SMARTS) is 1. The molecule has 0 aromatic heterocycles. The maximum Gasteiger partial charge on any atom is 0.313 e. The highest BCUT2D eigenvalue weighted by Gasteiger charge is 2.19. The molecule has 0 unspecified atom stereocenters. The van der Waals surface area contributed by atoms with Crippen LogP contribution in [0.1, 0.15) is 51.9 Å². The molecule has 0 amide bonds. The second-order valence-electron chi connectivity index (χ2n) is 6.23. The molecule has 4 heteroatoms. The number of aliphatic carboxylic acids is 1. The second-order valence-corrected chi connectivity index (χ2v) is 12.7. The van der Waals surface area contributed by atoms with Gasteiger partial charge >= 0.3 is 5.97 Å². The summed E-state index contributed by atoms with van der Waals surface area (Å²) in [6.07, 6.45) is 9.55. The molecule has 0 rings (SSSR count). The van der Waals surface area contributed by atoms with E-state index < -0.39 is 14.0 Å². The van der Waals surface area contributed by atoms with Crippen LogP contribution in [0.2, 0.25) is 25.2 Å². The summed E-state index contributed by atoms with van der Waals surface area (Å²) in [5.41, 5.74) is 0. The minimum absolute atomic E-state index is 0.263. The standard InChI is InChI=1S/C15H32O2SSi/c1-4-5-6-7-8-9-12-19(2,3)13-10-11-18-14-15(16)17/h4-14H2,1-3H3,(H,16,17). The van der Waals surface area contributed by atoms with E-state index in [1.807, 2.05) is 0 Å². The van der Waals surface area contributed by atoms with E-state index in [2.05, 4.69) is 20.0 Å². The van der Waals surface area contributed by atoms with Crippen LogP contribution in [-0.4, -0.2) is 30.7 Å². The van der Waals surface area contributed by atoms with E-state index in [1.54, 1.807) is 11.8 Å². The molecule has 0 radical (unpaired) electrons. The number of rotatable bonds is 13. The highest BCUT2D eigenvalue weighted by molar-refractivity contribution is 7.99. The first-order chi connectivity index (χ1) is 8.98. The molecule has 0 heterocycles. The van der Waals surface area contributed by atoms with Gasteiger partial charge in [0, 0.05) is 8.07 Å². The van der Waals surface area contributed by atoms with Gasteiger partial charge in [-0.1, -0.05) is 70.6 Å². The Balaban J connectivity index is 3.44. The molecule has 114 valence electrons. The summed E-state index contributed by atoms with van der Waals surface area (Å²) >= 11 is 1.56. The van der Waals surface area contributed by atoms with Gasteiger partial charge in [-0.3, -0.25) is 4.79 Å². The van der Waals surface area contributed by atoms with Crippen molar-refractivity contribution in [3.8, 4) is 0 Å². The molecule has 0 saturated carbocycles. The van der Waals surface area contributed by atoms with Crippen LogP contribution >= 0.6 is 11.8 Å². The Morgan fingerprint density at radius 2 is 1.58 bits per heavy atom. The zero-order valence-corrected chi connectivity index (χ0v) is 14.9. The molecular formula is C15H32O2SSi. The molecule has 0 bridgehead atoms. The smallest absolute Gasteiger partial charge is 0.313 e. The largest absolute Gasteiger partial charge is 0.481 e. The SMILES string of the molecule is CCCCCCCC[Si](C)(C)CCCSCC(=O)O. The average Bonchev–Trinajstić information content (AvgIpc) is 2.32. The molecule has 0 saturated heterocycles. The van der Waals surface area contributed by atoms with Crippen molar-refractivity contribution in [2.24, 2.45) is 0 Å². The maximum atomic E-state index is 10.4. The Hall–Kier alpha value is 0.0369. The lowest BCUT2D eigenvalue weighted by Gasteiger charge is -2.22. The van der Waals surface area contributed by atoms with Crippen LogP contribution in [0, 0.1) is 0 Å². The molecule has 0 aliphatic carbocycles. The lowest BCUT2D eigenvalue weighted by Crippen LogP contribution is -2.24. The quantitative estimate of drug-likeness (QED) is 0.372. The molecule has 19 heavy (non-hydrogen) atoms. The summed E-state index contributed by atoms with van der Waals surface area (Å²) in [6, 6.07) is 2.80. The van der Waals surface area contributed by atoms with Gasteiger partial charge in [0.05, 0.1) is 5.75 Å². The van der Waals surface area contributed by atoms with E-state index in [0.717, 1.165) is 5.75 Å². The van der Waals surface area contributed by atoms with Gasteiger partial charge in [0.25, 0.3) is 0 Å². The zero-order chi connectivity index (χ0) is 14.6. The third kappa shape index (κ3) is 14.3. The van der Waals surface area contributed by atoms with Crippen molar-refractivity contribution in [3.63, 3.8) is 0 Å². The first-order valence-electron chi connectivity index (χ1n) is 7.77. The fourth-order valence-corrected chi connectivity index (χ4v) is 5.84. The number of thioether (sulfide) groups is 1. The molecular weight excluding hydrogens is 272 g/mol. The van der Waals surface area contributed by atoms with Gasteiger partial charge in [-0.15, -0.1) is 0 Å². The van der Waals surface area contributed by atoms with Gasteiger partial charge in [-0.25, -0.2) is 0 Å². The molecule has 0 atom stereocenters. The molecule has 0 aliphatic rings. The Bertz CT molecular complexity index is 232. The molecule has 0 spiro atoms. The number of carboxylic acids is 1. The number of hydrogen-bond acceptors (Lipinski definition) is 2. The Morgan fingerprint density at radius 3 is 2.21 bits per heavy atom. The summed E-state index contributed by atoms with van der Waals surface area (Å²) in [5, 5.41) is 8.57. The average molecular weight is 305 g/mol. The van der Waals surface area contributed by atoms with Crippen molar-refractivity contribution in [2.45, 2.75) is 77.1 Å². The fraction of sp³-hybridized carbons (Fsp3) is 0.933. The number of carbonyl (C=O) groups is 1. The van der Waals surface area contributed by atoms with Gasteiger partial charge in [0.15, 0.2) is 0 Å². The topological polar surface area (TPSA) is 37.3 Å². The minimum atomic E-state index is -1.01. The van der Waals surface area contributed by atoms with Crippen LogP contribution in [-0.2, 0) is 4.79 Å². The highest BCUT2D eigenvalue weighted by atomic mass is 32.2. The van der Waals surface area contributed by atoms with E-state index in [-0.39, 0.29) is 5.75 Å². The molecule has 0 fully saturated rings. The lowest BCUT2D eigenvalue weighted by atomic mass is 10.1. The van der Waals surface area contributed by atoms with Crippen molar-refractivity contribution >= 4 is 25.8 Å². The predicted octanol–water partition coefficient (Wildman–Crippen LogP) is 5.26. The van der Waals surface area contributed by atoms with Crippen molar-refractivity contribution in [1.82, 2.24) is 0 Å². The van der Waals surface area contributed by atoms with E-state index in [0.29, 0.717) is 0 Å². The van der Waals surface area contributed by atoms with E-state index in [4.69, 9.17) is 5.11 Å². The van der Waals surface area contributed by atoms with Gasteiger partial charge in [0.1, 0.15) is 0 Å². The van der Waals surface area contributed by atoms with Crippen LogP contribution in [0.4, 0.5) is 0 Å². The van der Waals surface area contributed by atoms with Crippen LogP contribution in [0.3, 0.4) is 0 Å². The Labute approximate surface area is 124 Å². The highest BCUT2D eigenvalue weighted by Crippen LogP contribution is 2.22. The first-order valence-corrected chi connectivity index (χ1v) is 12.3. The number of hydrogen-bond donors (Lipinski definition) is 1. The van der Waals surface area contributed by atoms with Gasteiger partial charge in [-0.05, 0) is 12.2 Å². The minimum Gasteiger partial charge on any atom is -0.481 e. The van der Waals surface area contributed by atoms with Gasteiger partial charge in [-0.2, -0.15) is 11.8 Å². The maximum absolute atomic E-state index is 10.4. The lowest BCUT2D eigenvalue weighted by molar-refractivity contribution is -0.133. The normalized spacial score (nSPS) is 11.7. The van der Waals surface area contributed by atoms with Crippen LogP contribution in [0.25, 0.3) is 0 Å². The van der Waals surface area contributed by atoms with Gasteiger partial charge in [0.2, 0.25) is 0 Å². The van der Waals surface area contributed by atoms with Crippen molar-refractivity contribution in [2.75, 3.05) is 11.5 Å². The summed E-state index contributed by atoms with van der Waals surface area (Å²) in [4.78, 5) is 10.4. The van der Waals surface area contributed by atoms with Crippen LogP contribution in [0.5, 0.6) is 0 Å². The Morgan fingerprint density at radius 1 is 1.00 bits per heavy atom. The fourth-order valence-electron chi connectivity index (χ4n) is 2.32. The van der Waals surface area contributed by atoms with Crippen molar-refractivity contribution in [3.05, 3.63) is 0 Å². The first kappa shape index (κ1) is 19.0. The molecule has 0 aliphatic heterocycles. The monoisotopic (exact) mass is 304 g/mol. The molecule has 0 aromatic rings. The molecule has 0 aromatic carbocycles. The zero-order valence-electron chi connectivity index (χ0n) is 13.0. The third-order valence-electron chi connectivity index (χ3n) is 3.57. The van der Waals surface area contributed by atoms with Gasteiger partial charge < -0.3 is 5.11 Å². The van der Waals surface area contributed by atoms with E-state index >= 15 is 0 Å². The van der Waals surface area contributed by atoms with Crippen molar-refractivity contribution in [1.29, 1.82) is 0 Å². The summed E-state index contributed by atoms with van der Waals surface area (Å²) < 4.78 is 0. The van der Waals surface area contributed by atoms with Crippen molar-refractivity contribution < 1.29 is 9.90 Å². The van der Waals surface area contributed by atoms with Crippen LogP contribution < -0.4 is 0 Å². The number of unbranched alkanes of at least 4 members (excludes halogenated alkanes) is 5. The van der Waals surface area contributed by atoms with Crippen LogP contribution in [0.15, 0.2) is 0 Å². The third-order valence-corrected chi connectivity index (χ3v) is 8.02. The molecule has 1 N–H and O–H groups in total. The predicted molar refractivity (Wildman–Crippen MR) is 90.0 cm³/mol. The summed E-state index contributed by atoms with van der Waals surface area (Å²) in [7, 11) is -1.01. The summed E-state index contributed by atoms with van der Waals surface area (Å²) in [6.45, 7) is 7.24. The van der Waals surface area contributed by atoms with E-state index in [1.165, 1.54) is 57.0 Å². The second kappa shape index (κ2) is 11.8. The van der Waals surface area contributed by atoms with E-state index in [9.17, 15) is 4.79 Å². The Kier molecular flexibility index (Phi) is 11.9. The summed E-state index contributed by atoms with van der Waals surface area (Å²) in [5.74, 6) is 0.590. The molecule has 2 nitrogen and oxygen atoms in total.